The number of ether oxygens (including phenoxy) is 1. The molecule has 5 rings (SSSR count). The van der Waals surface area contributed by atoms with Gasteiger partial charge in [-0.3, -0.25) is 9.30 Å². The molecule has 196 valence electrons. The Morgan fingerprint density at radius 2 is 1.84 bits per heavy atom. The Labute approximate surface area is 204 Å². The molecule has 2 atom stereocenters. The van der Waals surface area contributed by atoms with Crippen LogP contribution in [0.1, 0.15) is 18.0 Å². The Kier molecular flexibility index (Phi) is 6.18. The van der Waals surface area contributed by atoms with Gasteiger partial charge in [-0.05, 0) is 30.2 Å². The number of benzene rings is 1. The lowest BCUT2D eigenvalue weighted by Crippen LogP contribution is -2.38. The third-order valence-corrected chi connectivity index (χ3v) is 6.04. The molecular weight excluding hydrogens is 509 g/mol. The summed E-state index contributed by atoms with van der Waals surface area (Å²) in [6.07, 6.45) is -7.50. The summed E-state index contributed by atoms with van der Waals surface area (Å²) >= 11 is 0. The SMILES string of the molecule is NC1CCN([C@H](c2ccc3nnc(-c4ccc5cc(F)c(OCC(F)(F)F)cc5n4)n3c2)C(F)(F)F)C1. The lowest BCUT2D eigenvalue weighted by molar-refractivity contribution is -0.183. The van der Waals surface area contributed by atoms with Crippen molar-refractivity contribution in [3.05, 3.63) is 54.0 Å². The highest BCUT2D eigenvalue weighted by Crippen LogP contribution is 2.39. The van der Waals surface area contributed by atoms with E-state index in [0.717, 1.165) is 12.1 Å². The predicted molar refractivity (Wildman–Crippen MR) is 118 cm³/mol. The van der Waals surface area contributed by atoms with Gasteiger partial charge in [-0.25, -0.2) is 9.37 Å². The minimum atomic E-state index is -4.66. The first-order valence-electron chi connectivity index (χ1n) is 11.1. The van der Waals surface area contributed by atoms with E-state index >= 15 is 0 Å². The first kappa shape index (κ1) is 25.1. The van der Waals surface area contributed by atoms with E-state index in [4.69, 9.17) is 5.73 Å². The molecule has 0 spiro atoms. The van der Waals surface area contributed by atoms with Crippen LogP contribution in [0.4, 0.5) is 30.7 Å². The zero-order valence-electron chi connectivity index (χ0n) is 18.9. The number of rotatable bonds is 5. The summed E-state index contributed by atoms with van der Waals surface area (Å²) in [4.78, 5) is 5.60. The fourth-order valence-electron chi connectivity index (χ4n) is 4.42. The fourth-order valence-corrected chi connectivity index (χ4v) is 4.42. The normalized spacial score (nSPS) is 18.1. The van der Waals surface area contributed by atoms with Gasteiger partial charge >= 0.3 is 12.4 Å². The molecule has 1 aliphatic heterocycles. The molecule has 1 saturated heterocycles. The van der Waals surface area contributed by atoms with Gasteiger partial charge in [-0.1, -0.05) is 12.1 Å². The molecule has 2 N–H and O–H groups in total. The second-order valence-electron chi connectivity index (χ2n) is 8.78. The van der Waals surface area contributed by atoms with Crippen molar-refractivity contribution in [2.45, 2.75) is 30.9 Å². The average Bonchev–Trinajstić information content (AvgIpc) is 3.42. The number of likely N-dealkylation sites (tertiary alicyclic amines) is 1. The van der Waals surface area contributed by atoms with Crippen LogP contribution in [0, 0.1) is 5.82 Å². The molecule has 0 aliphatic carbocycles. The highest BCUT2D eigenvalue weighted by Gasteiger charge is 2.46. The van der Waals surface area contributed by atoms with Crippen LogP contribution < -0.4 is 10.5 Å². The molecule has 7 nitrogen and oxygen atoms in total. The summed E-state index contributed by atoms with van der Waals surface area (Å²) in [6.45, 7) is -1.40. The van der Waals surface area contributed by atoms with Crippen molar-refractivity contribution in [3.8, 4) is 17.3 Å². The van der Waals surface area contributed by atoms with Crippen molar-refractivity contribution in [3.63, 3.8) is 0 Å². The molecule has 0 radical (unpaired) electrons. The molecular formula is C23H19F7N6O. The van der Waals surface area contributed by atoms with Crippen LogP contribution in [0.5, 0.6) is 5.75 Å². The van der Waals surface area contributed by atoms with E-state index in [9.17, 15) is 30.7 Å². The number of hydrogen-bond acceptors (Lipinski definition) is 6. The largest absolute Gasteiger partial charge is 0.481 e. The molecule has 1 fully saturated rings. The van der Waals surface area contributed by atoms with Gasteiger partial charge in [0.15, 0.2) is 29.6 Å². The maximum atomic E-state index is 14.2. The van der Waals surface area contributed by atoms with Crippen LogP contribution in [0.15, 0.2) is 42.6 Å². The maximum absolute atomic E-state index is 14.2. The molecule has 0 amide bonds. The molecule has 0 bridgehead atoms. The molecule has 0 saturated carbocycles. The molecule has 14 heteroatoms. The standard InChI is InChI=1S/C23H19F7N6O/c24-15-7-12-1-3-16(32-17(12)8-18(15)37-11-22(25,26)27)21-34-33-19-4-2-13(9-36(19)21)20(23(28,29)30)35-6-5-14(31)10-35/h1-4,7-9,14,20H,5-6,10-11,31H2/t14?,20-/m1/s1. The van der Waals surface area contributed by atoms with Gasteiger partial charge in [0.05, 0.1) is 5.52 Å². The van der Waals surface area contributed by atoms with Crippen LogP contribution in [0.25, 0.3) is 28.1 Å². The molecule has 4 aromatic rings. The predicted octanol–water partition coefficient (Wildman–Crippen LogP) is 4.66. The first-order valence-corrected chi connectivity index (χ1v) is 11.1. The van der Waals surface area contributed by atoms with E-state index in [-0.39, 0.29) is 52.8 Å². The number of aromatic nitrogens is 4. The van der Waals surface area contributed by atoms with Gasteiger partial charge in [-0.2, -0.15) is 26.3 Å². The summed E-state index contributed by atoms with van der Waals surface area (Å²) in [6, 6.07) is 5.41. The van der Waals surface area contributed by atoms with Crippen LogP contribution in [0.3, 0.4) is 0 Å². The topological polar surface area (TPSA) is 81.6 Å². The second kappa shape index (κ2) is 9.10. The number of nitrogens with zero attached hydrogens (tertiary/aromatic N) is 5. The van der Waals surface area contributed by atoms with Crippen molar-refractivity contribution < 1.29 is 35.5 Å². The van der Waals surface area contributed by atoms with Crippen molar-refractivity contribution in [1.82, 2.24) is 24.5 Å². The van der Waals surface area contributed by atoms with E-state index in [1.54, 1.807) is 0 Å². The fraction of sp³-hybridized carbons (Fsp3) is 0.348. The summed E-state index contributed by atoms with van der Waals surface area (Å²) in [5.74, 6) is -1.54. The van der Waals surface area contributed by atoms with E-state index in [0.29, 0.717) is 6.42 Å². The van der Waals surface area contributed by atoms with Crippen LogP contribution in [0.2, 0.25) is 0 Å². The zero-order valence-corrected chi connectivity index (χ0v) is 18.9. The summed E-state index contributed by atoms with van der Waals surface area (Å²) in [7, 11) is 0. The molecule has 1 aromatic carbocycles. The smallest absolute Gasteiger partial charge is 0.422 e. The Hall–Kier alpha value is -3.52. The summed E-state index contributed by atoms with van der Waals surface area (Å²) in [5.41, 5.74) is 6.31. The summed E-state index contributed by atoms with van der Waals surface area (Å²) < 4.78 is 99.8. The Morgan fingerprint density at radius 1 is 1.05 bits per heavy atom. The Balaban J connectivity index is 1.54. The molecule has 37 heavy (non-hydrogen) atoms. The maximum Gasteiger partial charge on any atom is 0.422 e. The number of pyridine rings is 2. The second-order valence-corrected chi connectivity index (χ2v) is 8.78. The highest BCUT2D eigenvalue weighted by atomic mass is 19.4. The van der Waals surface area contributed by atoms with Crippen LogP contribution >= 0.6 is 0 Å². The number of halogens is 7. The lowest BCUT2D eigenvalue weighted by Gasteiger charge is -2.30. The van der Waals surface area contributed by atoms with Crippen molar-refractivity contribution >= 4 is 16.6 Å². The zero-order chi connectivity index (χ0) is 26.5. The molecule has 1 aliphatic rings. The lowest BCUT2D eigenvalue weighted by atomic mass is 10.1. The van der Waals surface area contributed by atoms with Crippen molar-refractivity contribution in [1.29, 1.82) is 0 Å². The number of nitrogens with two attached hydrogens (primary N) is 1. The highest BCUT2D eigenvalue weighted by molar-refractivity contribution is 5.82. The minimum absolute atomic E-state index is 0.0409. The van der Waals surface area contributed by atoms with Gasteiger partial charge in [-0.15, -0.1) is 10.2 Å². The van der Waals surface area contributed by atoms with Gasteiger partial charge in [0.2, 0.25) is 0 Å². The third-order valence-electron chi connectivity index (χ3n) is 6.04. The Bertz CT molecular complexity index is 1450. The van der Waals surface area contributed by atoms with E-state index in [1.807, 2.05) is 0 Å². The van der Waals surface area contributed by atoms with Crippen molar-refractivity contribution in [2.24, 2.45) is 5.73 Å². The van der Waals surface area contributed by atoms with E-state index in [2.05, 4.69) is 19.9 Å². The first-order chi connectivity index (χ1) is 17.4. The molecule has 3 aromatic heterocycles. The Morgan fingerprint density at radius 3 is 2.51 bits per heavy atom. The molecule has 1 unspecified atom stereocenters. The third kappa shape index (κ3) is 5.16. The van der Waals surface area contributed by atoms with Gasteiger partial charge in [0.1, 0.15) is 11.7 Å². The van der Waals surface area contributed by atoms with E-state index < -0.39 is 36.6 Å². The monoisotopic (exact) mass is 528 g/mol. The number of hydrogen-bond donors (Lipinski definition) is 1. The number of alkyl halides is 6. The molecule has 4 heterocycles. The quantitative estimate of drug-likeness (QED) is 0.380. The van der Waals surface area contributed by atoms with Crippen LogP contribution in [-0.4, -0.2) is 62.6 Å². The van der Waals surface area contributed by atoms with Crippen molar-refractivity contribution in [2.75, 3.05) is 19.7 Å². The summed E-state index contributed by atoms with van der Waals surface area (Å²) in [5, 5.41) is 8.29. The van der Waals surface area contributed by atoms with Crippen LogP contribution in [-0.2, 0) is 0 Å². The minimum Gasteiger partial charge on any atom is -0.481 e. The van der Waals surface area contributed by atoms with Gasteiger partial charge < -0.3 is 10.5 Å². The average molecular weight is 528 g/mol. The van der Waals surface area contributed by atoms with Gasteiger partial charge in [0, 0.05) is 36.8 Å². The number of fused-ring (bicyclic) bond motifs is 2. The van der Waals surface area contributed by atoms with E-state index in [1.165, 1.54) is 39.8 Å². The van der Waals surface area contributed by atoms with Gasteiger partial charge in [0.25, 0.3) is 0 Å².